The molecule has 0 radical (unpaired) electrons. The van der Waals surface area contributed by atoms with Crippen LogP contribution >= 0.6 is 0 Å². The molecule has 1 aliphatic heterocycles. The van der Waals surface area contributed by atoms with Gasteiger partial charge in [-0.1, -0.05) is 12.5 Å². The molecule has 3 atom stereocenters. The minimum absolute atomic E-state index is 0.274. The highest BCUT2D eigenvalue weighted by Gasteiger charge is 2.66. The van der Waals surface area contributed by atoms with Gasteiger partial charge in [-0.15, -0.1) is 0 Å². The Morgan fingerprint density at radius 3 is 2.89 bits per heavy atom. The van der Waals surface area contributed by atoms with Crippen molar-refractivity contribution in [1.82, 2.24) is 10.2 Å². The monoisotopic (exact) mass is 375 g/mol. The largest absolute Gasteiger partial charge is 0.494 e. The van der Waals surface area contributed by atoms with Crippen LogP contribution in [-0.2, 0) is 11.3 Å². The second-order valence-corrected chi connectivity index (χ2v) is 8.08. The maximum absolute atomic E-state index is 14.0. The molecule has 3 fully saturated rings. The summed E-state index contributed by atoms with van der Waals surface area (Å²) in [6.07, 6.45) is 5.37. The van der Waals surface area contributed by atoms with E-state index in [4.69, 9.17) is 14.5 Å². The van der Waals surface area contributed by atoms with Gasteiger partial charge >= 0.3 is 0 Å². The molecule has 2 aliphatic carbocycles. The number of nitrogens with one attached hydrogen (secondary N) is 1. The molecule has 1 spiro atoms. The average Bonchev–Trinajstić information content (AvgIpc) is 3.02. The maximum atomic E-state index is 14.0. The number of nitrogens with zero attached hydrogens (tertiary/aromatic N) is 2. The van der Waals surface area contributed by atoms with Gasteiger partial charge in [0, 0.05) is 44.1 Å². The summed E-state index contributed by atoms with van der Waals surface area (Å²) < 4.78 is 25.1. The van der Waals surface area contributed by atoms with Crippen LogP contribution in [0.25, 0.3) is 0 Å². The van der Waals surface area contributed by atoms with E-state index in [9.17, 15) is 4.39 Å². The minimum atomic E-state index is -0.330. The van der Waals surface area contributed by atoms with E-state index in [1.54, 1.807) is 6.07 Å². The van der Waals surface area contributed by atoms with E-state index in [2.05, 4.69) is 10.2 Å². The summed E-state index contributed by atoms with van der Waals surface area (Å²) in [5.74, 6) is 1.44. The van der Waals surface area contributed by atoms with Gasteiger partial charge in [0.1, 0.15) is 0 Å². The molecule has 1 aromatic rings. The van der Waals surface area contributed by atoms with Gasteiger partial charge in [0.25, 0.3) is 0 Å². The van der Waals surface area contributed by atoms with Crippen LogP contribution in [0.15, 0.2) is 23.2 Å². The lowest BCUT2D eigenvalue weighted by molar-refractivity contribution is -0.171. The highest BCUT2D eigenvalue weighted by atomic mass is 19.1. The predicted molar refractivity (Wildman–Crippen MR) is 103 cm³/mol. The molecule has 5 nitrogen and oxygen atoms in total. The molecule has 1 heterocycles. The third kappa shape index (κ3) is 3.08. The van der Waals surface area contributed by atoms with Crippen LogP contribution in [0.3, 0.4) is 0 Å². The quantitative estimate of drug-likeness (QED) is 0.634. The summed E-state index contributed by atoms with van der Waals surface area (Å²) in [5, 5.41) is 3.75. The number of benzene rings is 1. The SMILES string of the molecule is CCN=C(NC1C2CCOC2C12CCC2)N(C)Cc1ccc(OC)c(F)c1. The first-order valence-corrected chi connectivity index (χ1v) is 10.0. The number of fused-ring (bicyclic) bond motifs is 2. The first-order chi connectivity index (χ1) is 13.1. The van der Waals surface area contributed by atoms with Crippen molar-refractivity contribution in [3.05, 3.63) is 29.6 Å². The molecular weight excluding hydrogens is 345 g/mol. The van der Waals surface area contributed by atoms with E-state index in [1.165, 1.54) is 32.4 Å². The van der Waals surface area contributed by atoms with Crippen molar-refractivity contribution in [1.29, 1.82) is 0 Å². The van der Waals surface area contributed by atoms with E-state index >= 15 is 0 Å². The Hall–Kier alpha value is -1.82. The van der Waals surface area contributed by atoms with E-state index in [1.807, 2.05) is 20.0 Å². The third-order valence-corrected chi connectivity index (χ3v) is 6.63. The van der Waals surface area contributed by atoms with E-state index in [0.717, 1.165) is 24.6 Å². The standard InChI is InChI=1S/C21H30FN3O2/c1-4-23-20(25(2)13-14-6-7-17(26-3)16(22)12-14)24-18-15-8-11-27-19(15)21(18)9-5-10-21/h6-7,12,15,18-19H,4-5,8-11,13H2,1-3H3,(H,23,24). The van der Waals surface area contributed by atoms with Crippen molar-refractivity contribution in [2.24, 2.45) is 16.3 Å². The zero-order valence-electron chi connectivity index (χ0n) is 16.5. The van der Waals surface area contributed by atoms with Crippen molar-refractivity contribution in [3.63, 3.8) is 0 Å². The van der Waals surface area contributed by atoms with Gasteiger partial charge < -0.3 is 19.7 Å². The molecular formula is C21H30FN3O2. The molecule has 0 bridgehead atoms. The van der Waals surface area contributed by atoms with Crippen molar-refractivity contribution in [2.45, 2.75) is 51.3 Å². The number of aliphatic imine (C=N–C) groups is 1. The van der Waals surface area contributed by atoms with Crippen LogP contribution in [0.5, 0.6) is 5.75 Å². The van der Waals surface area contributed by atoms with Crippen LogP contribution in [0.2, 0.25) is 0 Å². The summed E-state index contributed by atoms with van der Waals surface area (Å²) >= 11 is 0. The topological polar surface area (TPSA) is 46.1 Å². The number of guanidine groups is 1. The molecule has 4 rings (SSSR count). The lowest BCUT2D eigenvalue weighted by atomic mass is 9.46. The molecule has 148 valence electrons. The van der Waals surface area contributed by atoms with Gasteiger partial charge in [-0.25, -0.2) is 4.39 Å². The summed E-state index contributed by atoms with van der Waals surface area (Å²) in [5.41, 5.74) is 1.21. The molecule has 2 saturated carbocycles. The van der Waals surface area contributed by atoms with Crippen LogP contribution in [0.4, 0.5) is 4.39 Å². The van der Waals surface area contributed by atoms with Crippen molar-refractivity contribution in [2.75, 3.05) is 27.3 Å². The van der Waals surface area contributed by atoms with Crippen LogP contribution in [0.1, 0.15) is 38.2 Å². The zero-order valence-corrected chi connectivity index (χ0v) is 16.5. The molecule has 0 aromatic heterocycles. The summed E-state index contributed by atoms with van der Waals surface area (Å²) in [4.78, 5) is 6.79. The lowest BCUT2D eigenvalue weighted by Crippen LogP contribution is -2.72. The Bertz CT molecular complexity index is 719. The van der Waals surface area contributed by atoms with Crippen LogP contribution in [-0.4, -0.2) is 50.3 Å². The number of methoxy groups -OCH3 is 1. The smallest absolute Gasteiger partial charge is 0.194 e. The Morgan fingerprint density at radius 2 is 2.26 bits per heavy atom. The number of hydrogen-bond donors (Lipinski definition) is 1. The average molecular weight is 375 g/mol. The fourth-order valence-electron chi connectivity index (χ4n) is 5.18. The number of halogens is 1. The van der Waals surface area contributed by atoms with Crippen LogP contribution in [0, 0.1) is 17.2 Å². The van der Waals surface area contributed by atoms with Gasteiger partial charge in [-0.3, -0.25) is 4.99 Å². The van der Waals surface area contributed by atoms with E-state index in [-0.39, 0.29) is 11.6 Å². The normalized spacial score (nSPS) is 28.3. The van der Waals surface area contributed by atoms with E-state index in [0.29, 0.717) is 36.6 Å². The maximum Gasteiger partial charge on any atom is 0.194 e. The first kappa shape index (κ1) is 18.5. The van der Waals surface area contributed by atoms with Crippen molar-refractivity contribution >= 4 is 5.96 Å². The molecule has 0 amide bonds. The molecule has 27 heavy (non-hydrogen) atoms. The van der Waals surface area contributed by atoms with Crippen LogP contribution < -0.4 is 10.1 Å². The van der Waals surface area contributed by atoms with Gasteiger partial charge in [0.15, 0.2) is 17.5 Å². The number of rotatable bonds is 5. The van der Waals surface area contributed by atoms with E-state index < -0.39 is 0 Å². The third-order valence-electron chi connectivity index (χ3n) is 6.63. The molecule has 1 aromatic carbocycles. The first-order valence-electron chi connectivity index (χ1n) is 10.0. The second kappa shape index (κ2) is 7.30. The Balaban J connectivity index is 1.46. The van der Waals surface area contributed by atoms with Gasteiger partial charge in [-0.2, -0.15) is 0 Å². The van der Waals surface area contributed by atoms with Gasteiger partial charge in [-0.05, 0) is 43.9 Å². The summed E-state index contributed by atoms with van der Waals surface area (Å²) in [7, 11) is 3.49. The molecule has 1 N–H and O–H groups in total. The Kier molecular flexibility index (Phi) is 5.01. The minimum Gasteiger partial charge on any atom is -0.494 e. The fourth-order valence-corrected chi connectivity index (χ4v) is 5.18. The zero-order chi connectivity index (χ0) is 19.0. The number of ether oxygens (including phenoxy) is 2. The summed E-state index contributed by atoms with van der Waals surface area (Å²) in [6, 6.07) is 5.56. The molecule has 3 unspecified atom stereocenters. The Labute approximate surface area is 160 Å². The number of hydrogen-bond acceptors (Lipinski definition) is 3. The lowest BCUT2D eigenvalue weighted by Gasteiger charge is -2.63. The van der Waals surface area contributed by atoms with Gasteiger partial charge in [0.05, 0.1) is 13.2 Å². The highest BCUT2D eigenvalue weighted by Crippen LogP contribution is 2.62. The van der Waals surface area contributed by atoms with Gasteiger partial charge in [0.2, 0.25) is 0 Å². The predicted octanol–water partition coefficient (Wildman–Crippen LogP) is 3.19. The van der Waals surface area contributed by atoms with Crippen molar-refractivity contribution in [3.8, 4) is 5.75 Å². The van der Waals surface area contributed by atoms with Crippen molar-refractivity contribution < 1.29 is 13.9 Å². The molecule has 1 saturated heterocycles. The summed E-state index contributed by atoms with van der Waals surface area (Å²) in [6.45, 7) is 4.24. The molecule has 6 heteroatoms. The Morgan fingerprint density at radius 1 is 1.44 bits per heavy atom. The highest BCUT2D eigenvalue weighted by molar-refractivity contribution is 5.80. The second-order valence-electron chi connectivity index (χ2n) is 8.08. The molecule has 3 aliphatic rings. The fraction of sp³-hybridized carbons (Fsp3) is 0.667.